The summed E-state index contributed by atoms with van der Waals surface area (Å²) in [5.74, 6) is -0.221. The molecule has 0 aromatic heterocycles. The zero-order valence-corrected chi connectivity index (χ0v) is 56.7. The Bertz CT molecular complexity index is 1850. The number of aliphatic hydroxyl groups is 1. The van der Waals surface area contributed by atoms with Gasteiger partial charge in [-0.1, -0.05) is 321 Å². The van der Waals surface area contributed by atoms with Crippen molar-refractivity contribution < 1.29 is 32.9 Å². The van der Waals surface area contributed by atoms with Crippen LogP contribution < -0.4 is 5.32 Å². The Hall–Kier alpha value is -3.36. The maximum Gasteiger partial charge on any atom is 0.472 e. The van der Waals surface area contributed by atoms with Gasteiger partial charge in [0.1, 0.15) is 13.2 Å². The summed E-state index contributed by atoms with van der Waals surface area (Å²) < 4.78 is 23.8. The molecule has 0 saturated heterocycles. The number of carbonyl (C=O) groups is 1. The number of amides is 1. The Morgan fingerprint density at radius 3 is 1.04 bits per heavy atom. The maximum absolute atomic E-state index is 13.0. The summed E-state index contributed by atoms with van der Waals surface area (Å²) in [6.07, 6.45) is 98.9. The third-order valence-corrected chi connectivity index (χ3v) is 16.1. The van der Waals surface area contributed by atoms with Gasteiger partial charge in [0.15, 0.2) is 0 Å². The fourth-order valence-electron chi connectivity index (χ4n) is 9.72. The number of hydrogen-bond acceptors (Lipinski definition) is 5. The molecule has 3 unspecified atom stereocenters. The molecule has 0 aliphatic heterocycles. The van der Waals surface area contributed by atoms with E-state index < -0.39 is 20.0 Å². The first-order chi connectivity index (χ1) is 41.5. The zero-order valence-electron chi connectivity index (χ0n) is 55.8. The van der Waals surface area contributed by atoms with Crippen LogP contribution >= 0.6 is 7.82 Å². The number of phosphoric acid groups is 1. The van der Waals surface area contributed by atoms with Gasteiger partial charge in [0.25, 0.3) is 0 Å². The normalized spacial score (nSPS) is 14.5. The van der Waals surface area contributed by atoms with E-state index in [1.807, 2.05) is 27.2 Å². The van der Waals surface area contributed by atoms with E-state index in [-0.39, 0.29) is 19.1 Å². The van der Waals surface area contributed by atoms with Crippen molar-refractivity contribution in [2.75, 3.05) is 40.9 Å². The predicted octanol–water partition coefficient (Wildman–Crippen LogP) is 22.6. The number of carbonyl (C=O) groups excluding carboxylic acids is 1. The number of likely N-dealkylation sites (N-methyl/N-ethyl adjacent to an activating group) is 1. The van der Waals surface area contributed by atoms with Crippen molar-refractivity contribution in [2.24, 2.45) is 0 Å². The summed E-state index contributed by atoms with van der Waals surface area (Å²) in [6.45, 7) is 4.68. The molecule has 8 nitrogen and oxygen atoms in total. The summed E-state index contributed by atoms with van der Waals surface area (Å²) in [5, 5.41) is 14.0. The van der Waals surface area contributed by atoms with E-state index in [0.717, 1.165) is 96.3 Å². The van der Waals surface area contributed by atoms with Gasteiger partial charge in [-0.2, -0.15) is 0 Å². The Morgan fingerprint density at radius 2 is 0.706 bits per heavy atom. The smallest absolute Gasteiger partial charge is 0.387 e. The minimum absolute atomic E-state index is 0.0459. The topological polar surface area (TPSA) is 105 Å². The first kappa shape index (κ1) is 81.6. The molecular formula is C76H134N2O6P+. The number of allylic oxidation sites excluding steroid dienone is 21. The van der Waals surface area contributed by atoms with Crippen LogP contribution in [0, 0.1) is 0 Å². The van der Waals surface area contributed by atoms with Crippen molar-refractivity contribution in [3.63, 3.8) is 0 Å². The second-order valence-electron chi connectivity index (χ2n) is 24.5. The second kappa shape index (κ2) is 65.1. The molecule has 1 amide bonds. The maximum atomic E-state index is 13.0. The number of rotatable bonds is 63. The molecule has 0 fully saturated rings. The van der Waals surface area contributed by atoms with Gasteiger partial charge in [-0.3, -0.25) is 13.8 Å². The summed E-state index contributed by atoms with van der Waals surface area (Å²) in [4.78, 5) is 23.4. The highest BCUT2D eigenvalue weighted by molar-refractivity contribution is 7.47. The van der Waals surface area contributed by atoms with E-state index in [1.54, 1.807) is 6.08 Å². The van der Waals surface area contributed by atoms with Crippen LogP contribution in [0.2, 0.25) is 0 Å². The SMILES string of the molecule is CC/C=C\C/C=C\C/C=C\C/C=C\C/C=C\C/C=C\C/C=C\C/C=C\C/C=C\C/C=C\CCCCC(=O)NC(COP(=O)(O)OCC[N+](C)(C)C)C(O)/C=C/CCCCCCCCCCCCCCCCCCCCCCCCCCCCCC. The lowest BCUT2D eigenvalue weighted by atomic mass is 10.0. The van der Waals surface area contributed by atoms with E-state index in [9.17, 15) is 19.4 Å². The van der Waals surface area contributed by atoms with Crippen LogP contribution in [0.3, 0.4) is 0 Å². The van der Waals surface area contributed by atoms with Gasteiger partial charge in [0, 0.05) is 6.42 Å². The molecule has 0 rings (SSSR count). The number of nitrogens with one attached hydrogen (secondary N) is 1. The average Bonchev–Trinajstić information content (AvgIpc) is 3.49. The minimum Gasteiger partial charge on any atom is -0.387 e. The Labute approximate surface area is 526 Å². The van der Waals surface area contributed by atoms with E-state index in [0.29, 0.717) is 23.9 Å². The molecule has 0 bridgehead atoms. The van der Waals surface area contributed by atoms with Gasteiger partial charge in [-0.25, -0.2) is 4.57 Å². The molecule has 0 aromatic carbocycles. The molecule has 85 heavy (non-hydrogen) atoms. The fourth-order valence-corrected chi connectivity index (χ4v) is 10.5. The monoisotopic (exact) mass is 1200 g/mol. The molecule has 0 aliphatic rings. The summed E-state index contributed by atoms with van der Waals surface area (Å²) >= 11 is 0. The number of hydrogen-bond donors (Lipinski definition) is 3. The van der Waals surface area contributed by atoms with Crippen molar-refractivity contribution >= 4 is 13.7 Å². The lowest BCUT2D eigenvalue weighted by molar-refractivity contribution is -0.870. The molecule has 0 saturated carbocycles. The van der Waals surface area contributed by atoms with Gasteiger partial charge in [-0.15, -0.1) is 0 Å². The average molecular weight is 1200 g/mol. The van der Waals surface area contributed by atoms with E-state index in [2.05, 4.69) is 141 Å². The Balaban J connectivity index is 4.23. The number of phosphoric ester groups is 1. The number of quaternary nitrogens is 1. The van der Waals surface area contributed by atoms with Crippen LogP contribution in [-0.4, -0.2) is 73.4 Å². The van der Waals surface area contributed by atoms with Crippen molar-refractivity contribution in [1.29, 1.82) is 0 Å². The van der Waals surface area contributed by atoms with Crippen LogP contribution in [0.5, 0.6) is 0 Å². The van der Waals surface area contributed by atoms with Crippen LogP contribution in [-0.2, 0) is 18.4 Å². The number of nitrogens with zero attached hydrogens (tertiary/aromatic N) is 1. The van der Waals surface area contributed by atoms with Gasteiger partial charge >= 0.3 is 7.82 Å². The molecular weight excluding hydrogens is 1070 g/mol. The first-order valence-corrected chi connectivity index (χ1v) is 36.6. The lowest BCUT2D eigenvalue weighted by Gasteiger charge is -2.25. The highest BCUT2D eigenvalue weighted by Crippen LogP contribution is 2.43. The van der Waals surface area contributed by atoms with E-state index in [4.69, 9.17) is 9.05 Å². The summed E-state index contributed by atoms with van der Waals surface area (Å²) in [7, 11) is 1.53. The van der Waals surface area contributed by atoms with Crippen LogP contribution in [0.25, 0.3) is 0 Å². The molecule has 488 valence electrons. The third-order valence-electron chi connectivity index (χ3n) is 15.1. The van der Waals surface area contributed by atoms with Crippen LogP contribution in [0.1, 0.15) is 290 Å². The molecule has 0 aliphatic carbocycles. The van der Waals surface area contributed by atoms with E-state index in [1.165, 1.54) is 167 Å². The zero-order chi connectivity index (χ0) is 61.9. The fraction of sp³-hybridized carbons (Fsp3) is 0.697. The first-order valence-electron chi connectivity index (χ1n) is 35.1. The number of aliphatic hydroxyl groups excluding tert-OH is 1. The molecule has 0 aromatic rings. The lowest BCUT2D eigenvalue weighted by Crippen LogP contribution is -2.45. The summed E-state index contributed by atoms with van der Waals surface area (Å²) in [6, 6.07) is -0.883. The van der Waals surface area contributed by atoms with Gasteiger partial charge < -0.3 is 19.8 Å². The molecule has 0 heterocycles. The van der Waals surface area contributed by atoms with Crippen LogP contribution in [0.15, 0.2) is 134 Å². The molecule has 0 radical (unpaired) electrons. The van der Waals surface area contributed by atoms with Crippen molar-refractivity contribution in [1.82, 2.24) is 5.32 Å². The standard InChI is InChI=1S/C76H133N2O6P/c1-6-8-10-12-14-16-18-20-22-24-26-28-30-32-34-36-38-39-40-42-44-46-48-50-52-54-56-58-60-62-64-66-68-70-76(80)77-74(73-84-85(81,82)83-72-71-78(3,4)5)75(79)69-67-65-63-61-59-57-55-53-51-49-47-45-43-41-37-35-33-31-29-27-25-23-21-19-17-15-13-11-9-7-2/h8,10,14,16,20,22,26,28,32,34,38-39,42,44,48,50,54,56,60,62,67,69,74-75,79H,6-7,9,11-13,15,17-19,21,23-25,27,29-31,33,35-37,40-41,43,45-47,49,51-53,55,57-59,61,63-66,68,70-73H2,1-5H3,(H-,77,80,81,82)/p+1/b10-8-,16-14-,22-20-,28-26-,34-32-,39-38-,44-42-,50-48-,56-54-,62-60-,69-67+. The highest BCUT2D eigenvalue weighted by Gasteiger charge is 2.28. The predicted molar refractivity (Wildman–Crippen MR) is 373 cm³/mol. The molecule has 9 heteroatoms. The van der Waals surface area contributed by atoms with Crippen molar-refractivity contribution in [3.05, 3.63) is 134 Å². The molecule has 3 atom stereocenters. The Kier molecular flexibility index (Phi) is 62.5. The van der Waals surface area contributed by atoms with Crippen LogP contribution in [0.4, 0.5) is 0 Å². The highest BCUT2D eigenvalue weighted by atomic mass is 31.2. The number of unbranched alkanes of at least 4 members (excludes halogenated alkanes) is 30. The van der Waals surface area contributed by atoms with Gasteiger partial charge in [0.2, 0.25) is 5.91 Å². The second-order valence-corrected chi connectivity index (χ2v) is 26.0. The largest absolute Gasteiger partial charge is 0.472 e. The Morgan fingerprint density at radius 1 is 0.412 bits per heavy atom. The van der Waals surface area contributed by atoms with Crippen molar-refractivity contribution in [3.8, 4) is 0 Å². The van der Waals surface area contributed by atoms with Crippen molar-refractivity contribution in [2.45, 2.75) is 302 Å². The molecule has 0 spiro atoms. The third kappa shape index (κ3) is 68.0. The van der Waals surface area contributed by atoms with E-state index >= 15 is 0 Å². The van der Waals surface area contributed by atoms with Gasteiger partial charge in [-0.05, 0) is 96.3 Å². The summed E-state index contributed by atoms with van der Waals surface area (Å²) in [5.41, 5.74) is 0. The molecule has 3 N–H and O–H groups in total. The quantitative estimate of drug-likeness (QED) is 0.0243. The van der Waals surface area contributed by atoms with Gasteiger partial charge in [0.05, 0.1) is 39.9 Å². The minimum atomic E-state index is -4.38.